The maximum absolute atomic E-state index is 12.8. The van der Waals surface area contributed by atoms with E-state index in [1.165, 1.54) is 17.6 Å². The molecule has 0 unspecified atom stereocenters. The van der Waals surface area contributed by atoms with Gasteiger partial charge in [-0.05, 0) is 23.7 Å². The highest BCUT2D eigenvalue weighted by Gasteiger charge is 2.02. The molecule has 2 rings (SSSR count). The van der Waals surface area contributed by atoms with Crippen LogP contribution in [0.25, 0.3) is 10.1 Å². The Labute approximate surface area is 71.6 Å². The van der Waals surface area contributed by atoms with Crippen molar-refractivity contribution in [3.63, 3.8) is 0 Å². The summed E-state index contributed by atoms with van der Waals surface area (Å²) in [7, 11) is 0. The lowest BCUT2D eigenvalue weighted by atomic mass is 10.3. The van der Waals surface area contributed by atoms with Crippen molar-refractivity contribution < 1.29 is 4.39 Å². The number of hydrogen-bond acceptors (Lipinski definition) is 2. The molecule has 1 aromatic carbocycles. The van der Waals surface area contributed by atoms with Crippen LogP contribution < -0.4 is 0 Å². The van der Waals surface area contributed by atoms with E-state index >= 15 is 0 Å². The third-order valence-electron chi connectivity index (χ3n) is 1.40. The van der Waals surface area contributed by atoms with E-state index in [2.05, 4.69) is 4.37 Å². The first-order valence-electron chi connectivity index (χ1n) is 2.97. The SMILES string of the molecule is Fc1cc2sncc2cc1Cl. The number of aromatic nitrogens is 1. The lowest BCUT2D eigenvalue weighted by molar-refractivity contribution is 0.630. The Morgan fingerprint density at radius 1 is 1.45 bits per heavy atom. The molecule has 0 saturated heterocycles. The summed E-state index contributed by atoms with van der Waals surface area (Å²) in [5.41, 5.74) is 0. The second-order valence-corrected chi connectivity index (χ2v) is 3.37. The normalized spacial score (nSPS) is 10.7. The minimum Gasteiger partial charge on any atom is -0.205 e. The molecule has 0 aliphatic heterocycles. The van der Waals surface area contributed by atoms with E-state index in [0.29, 0.717) is 0 Å². The number of rotatable bonds is 0. The van der Waals surface area contributed by atoms with Crippen molar-refractivity contribution in [2.45, 2.75) is 0 Å². The molecular formula is C7H3ClFNS. The first-order valence-corrected chi connectivity index (χ1v) is 4.12. The van der Waals surface area contributed by atoms with Gasteiger partial charge in [-0.25, -0.2) is 4.39 Å². The lowest BCUT2D eigenvalue weighted by Crippen LogP contribution is -1.73. The van der Waals surface area contributed by atoms with Crippen LogP contribution in [0.2, 0.25) is 5.02 Å². The maximum atomic E-state index is 12.8. The smallest absolute Gasteiger partial charge is 0.143 e. The Balaban J connectivity index is 2.86. The standard InChI is InChI=1S/C7H3ClFNS/c8-5-1-4-3-10-11-7(4)2-6(5)9/h1-3H. The Kier molecular flexibility index (Phi) is 1.55. The Morgan fingerprint density at radius 3 is 3.09 bits per heavy atom. The van der Waals surface area contributed by atoms with E-state index in [4.69, 9.17) is 11.6 Å². The highest BCUT2D eigenvalue weighted by Crippen LogP contribution is 2.24. The zero-order chi connectivity index (χ0) is 7.84. The highest BCUT2D eigenvalue weighted by molar-refractivity contribution is 7.13. The van der Waals surface area contributed by atoms with E-state index in [0.717, 1.165) is 10.1 Å². The maximum Gasteiger partial charge on any atom is 0.143 e. The van der Waals surface area contributed by atoms with Gasteiger partial charge in [0.05, 0.1) is 9.72 Å². The predicted octanol–water partition coefficient (Wildman–Crippen LogP) is 3.09. The molecule has 0 amide bonds. The van der Waals surface area contributed by atoms with Gasteiger partial charge < -0.3 is 0 Å². The molecule has 1 heterocycles. The largest absolute Gasteiger partial charge is 0.205 e. The molecule has 56 valence electrons. The van der Waals surface area contributed by atoms with Gasteiger partial charge in [0.1, 0.15) is 5.82 Å². The lowest BCUT2D eigenvalue weighted by Gasteiger charge is -1.91. The van der Waals surface area contributed by atoms with Gasteiger partial charge in [0.15, 0.2) is 0 Å². The third kappa shape index (κ3) is 1.10. The van der Waals surface area contributed by atoms with Crippen LogP contribution in [0.4, 0.5) is 4.39 Å². The van der Waals surface area contributed by atoms with E-state index in [1.807, 2.05) is 0 Å². The Bertz CT molecular complexity index is 362. The number of benzene rings is 1. The first kappa shape index (κ1) is 7.00. The molecule has 0 atom stereocenters. The average Bonchev–Trinajstić information content (AvgIpc) is 2.36. The second-order valence-electron chi connectivity index (χ2n) is 2.13. The topological polar surface area (TPSA) is 12.9 Å². The Hall–Kier alpha value is -0.670. The number of halogens is 2. The summed E-state index contributed by atoms with van der Waals surface area (Å²) < 4.78 is 17.5. The molecule has 0 bridgehead atoms. The van der Waals surface area contributed by atoms with Crippen LogP contribution in [0.3, 0.4) is 0 Å². The van der Waals surface area contributed by atoms with E-state index in [-0.39, 0.29) is 10.8 Å². The molecule has 0 fully saturated rings. The zero-order valence-corrected chi connectivity index (χ0v) is 6.92. The highest BCUT2D eigenvalue weighted by atomic mass is 35.5. The fourth-order valence-electron chi connectivity index (χ4n) is 0.864. The summed E-state index contributed by atoms with van der Waals surface area (Å²) in [5.74, 6) is -0.386. The molecule has 2 aromatic rings. The molecule has 0 radical (unpaired) electrons. The van der Waals surface area contributed by atoms with Gasteiger partial charge in [-0.2, -0.15) is 4.37 Å². The van der Waals surface area contributed by atoms with Crippen molar-refractivity contribution >= 4 is 33.2 Å². The molecule has 0 N–H and O–H groups in total. The van der Waals surface area contributed by atoms with Crippen molar-refractivity contribution in [1.29, 1.82) is 0 Å². The van der Waals surface area contributed by atoms with Gasteiger partial charge >= 0.3 is 0 Å². The fraction of sp³-hybridized carbons (Fsp3) is 0. The fourth-order valence-corrected chi connectivity index (χ4v) is 1.69. The van der Waals surface area contributed by atoms with Crippen LogP contribution in [-0.4, -0.2) is 4.37 Å². The molecular weight excluding hydrogens is 185 g/mol. The average molecular weight is 188 g/mol. The van der Waals surface area contributed by atoms with Crippen molar-refractivity contribution in [2.75, 3.05) is 0 Å². The van der Waals surface area contributed by atoms with Gasteiger partial charge in [0.25, 0.3) is 0 Å². The van der Waals surface area contributed by atoms with Crippen LogP contribution in [0, 0.1) is 5.82 Å². The van der Waals surface area contributed by atoms with Crippen LogP contribution in [0.5, 0.6) is 0 Å². The molecule has 1 nitrogen and oxygen atoms in total. The van der Waals surface area contributed by atoms with Gasteiger partial charge in [0, 0.05) is 11.6 Å². The van der Waals surface area contributed by atoms with Gasteiger partial charge in [-0.15, -0.1) is 0 Å². The third-order valence-corrected chi connectivity index (χ3v) is 2.45. The Morgan fingerprint density at radius 2 is 2.27 bits per heavy atom. The summed E-state index contributed by atoms with van der Waals surface area (Å²) in [5, 5.41) is 1.04. The first-order chi connectivity index (χ1) is 5.27. The number of fused-ring (bicyclic) bond motifs is 1. The summed E-state index contributed by atoms with van der Waals surface area (Å²) in [4.78, 5) is 0. The molecule has 0 aliphatic carbocycles. The van der Waals surface area contributed by atoms with Crippen LogP contribution >= 0.6 is 23.1 Å². The second kappa shape index (κ2) is 2.43. The minimum atomic E-state index is -0.386. The zero-order valence-electron chi connectivity index (χ0n) is 5.34. The van der Waals surface area contributed by atoms with Crippen LogP contribution in [0.1, 0.15) is 0 Å². The summed E-state index contributed by atoms with van der Waals surface area (Å²) >= 11 is 6.81. The van der Waals surface area contributed by atoms with E-state index < -0.39 is 0 Å². The van der Waals surface area contributed by atoms with Gasteiger partial charge in [-0.3, -0.25) is 0 Å². The molecule has 0 saturated carbocycles. The van der Waals surface area contributed by atoms with Crippen molar-refractivity contribution in [2.24, 2.45) is 0 Å². The number of nitrogens with zero attached hydrogens (tertiary/aromatic N) is 1. The summed E-state index contributed by atoms with van der Waals surface area (Å²) in [6.45, 7) is 0. The quantitative estimate of drug-likeness (QED) is 0.618. The van der Waals surface area contributed by atoms with Crippen molar-refractivity contribution in [1.82, 2.24) is 4.37 Å². The van der Waals surface area contributed by atoms with E-state index in [1.54, 1.807) is 12.3 Å². The summed E-state index contributed by atoms with van der Waals surface area (Å²) in [6, 6.07) is 2.98. The van der Waals surface area contributed by atoms with Crippen LogP contribution in [-0.2, 0) is 0 Å². The molecule has 0 spiro atoms. The minimum absolute atomic E-state index is 0.151. The molecule has 11 heavy (non-hydrogen) atoms. The monoisotopic (exact) mass is 187 g/mol. The molecule has 0 aliphatic rings. The van der Waals surface area contributed by atoms with E-state index in [9.17, 15) is 4.39 Å². The summed E-state index contributed by atoms with van der Waals surface area (Å²) in [6.07, 6.45) is 1.67. The van der Waals surface area contributed by atoms with Gasteiger partial charge in [0.2, 0.25) is 0 Å². The van der Waals surface area contributed by atoms with Crippen LogP contribution in [0.15, 0.2) is 18.3 Å². The van der Waals surface area contributed by atoms with Gasteiger partial charge in [-0.1, -0.05) is 11.6 Å². The van der Waals surface area contributed by atoms with Crippen molar-refractivity contribution in [3.05, 3.63) is 29.2 Å². The van der Waals surface area contributed by atoms with Crippen molar-refractivity contribution in [3.8, 4) is 0 Å². The molecule has 4 heteroatoms. The molecule has 1 aromatic heterocycles. The number of hydrogen-bond donors (Lipinski definition) is 0. The predicted molar refractivity (Wildman–Crippen MR) is 44.6 cm³/mol.